The molecule has 21 heavy (non-hydrogen) atoms. The van der Waals surface area contributed by atoms with Crippen molar-refractivity contribution in [2.75, 3.05) is 0 Å². The van der Waals surface area contributed by atoms with Gasteiger partial charge in [0.1, 0.15) is 0 Å². The molecule has 0 aliphatic rings. The van der Waals surface area contributed by atoms with Gasteiger partial charge in [-0.1, -0.05) is 6.07 Å². The van der Waals surface area contributed by atoms with Crippen LogP contribution in [-0.2, 0) is 0 Å². The molecule has 0 amide bonds. The third kappa shape index (κ3) is 1.43. The molecule has 3 nitrogen and oxygen atoms in total. The molecule has 5 aromatic rings. The summed E-state index contributed by atoms with van der Waals surface area (Å²) in [5.41, 5.74) is 4.47. The topological polar surface area (TPSA) is 42.8 Å². The first-order valence-electron chi connectivity index (χ1n) is 7.00. The predicted molar refractivity (Wildman–Crippen MR) is 85.2 cm³/mol. The van der Waals surface area contributed by atoms with E-state index in [0.717, 1.165) is 22.1 Å². The normalized spacial score (nSPS) is 11.8. The Labute approximate surface area is 120 Å². The van der Waals surface area contributed by atoms with Gasteiger partial charge in [-0.3, -0.25) is 4.98 Å². The second-order valence-corrected chi connectivity index (χ2v) is 5.34. The van der Waals surface area contributed by atoms with Crippen molar-refractivity contribution in [2.45, 2.75) is 0 Å². The quantitative estimate of drug-likeness (QED) is 0.337. The highest BCUT2D eigenvalue weighted by Gasteiger charge is 2.09. The van der Waals surface area contributed by atoms with E-state index in [1.54, 1.807) is 0 Å². The molecule has 0 spiro atoms. The summed E-state index contributed by atoms with van der Waals surface area (Å²) in [6, 6.07) is 16.9. The number of benzene rings is 2. The first kappa shape index (κ1) is 10.8. The van der Waals surface area contributed by atoms with Crippen molar-refractivity contribution in [3.63, 3.8) is 0 Å². The van der Waals surface area contributed by atoms with Gasteiger partial charge in [0.25, 0.3) is 0 Å². The van der Waals surface area contributed by atoms with Crippen LogP contribution in [0.2, 0.25) is 0 Å². The average molecular weight is 270 g/mol. The zero-order valence-corrected chi connectivity index (χ0v) is 11.2. The van der Waals surface area contributed by atoms with E-state index < -0.39 is 0 Å². The number of rotatable bonds is 0. The lowest BCUT2D eigenvalue weighted by molar-refractivity contribution is -0.343. The summed E-state index contributed by atoms with van der Waals surface area (Å²) in [7, 11) is 0. The molecule has 2 aromatic carbocycles. The summed E-state index contributed by atoms with van der Waals surface area (Å²) in [5.74, 6) is 0. The number of nitrogens with zero attached hydrogens (tertiary/aromatic N) is 1. The highest BCUT2D eigenvalue weighted by molar-refractivity contribution is 6.11. The van der Waals surface area contributed by atoms with Gasteiger partial charge in [0.2, 0.25) is 5.52 Å². The predicted octanol–water partition coefficient (Wildman–Crippen LogP) is 3.84. The lowest BCUT2D eigenvalue weighted by atomic mass is 10.1. The molecule has 2 N–H and O–H groups in total. The van der Waals surface area contributed by atoms with Crippen molar-refractivity contribution in [2.24, 2.45) is 0 Å². The Morgan fingerprint density at radius 1 is 0.905 bits per heavy atom. The molecular weight excluding hydrogens is 258 g/mol. The van der Waals surface area contributed by atoms with Crippen LogP contribution in [0.4, 0.5) is 0 Å². The van der Waals surface area contributed by atoms with Crippen LogP contribution in [0, 0.1) is 0 Å². The Balaban J connectivity index is 2.04. The highest BCUT2D eigenvalue weighted by Crippen LogP contribution is 2.28. The Kier molecular flexibility index (Phi) is 1.95. The fraction of sp³-hybridized carbons (Fsp3) is 0. The van der Waals surface area contributed by atoms with Crippen LogP contribution in [0.5, 0.6) is 0 Å². The number of aromatic amines is 2. The largest absolute Gasteiger partial charge is 0.354 e. The molecule has 0 atom stereocenters. The van der Waals surface area contributed by atoms with Gasteiger partial charge in [-0.15, -0.1) is 0 Å². The number of H-pyrrole nitrogens is 2. The van der Waals surface area contributed by atoms with Crippen molar-refractivity contribution >= 4 is 43.6 Å². The molecule has 98 valence electrons. The fourth-order valence-corrected chi connectivity index (χ4v) is 3.13. The monoisotopic (exact) mass is 270 g/mol. The zero-order chi connectivity index (χ0) is 13.8. The van der Waals surface area contributed by atoms with Gasteiger partial charge in [-0.25, -0.2) is 4.98 Å². The van der Waals surface area contributed by atoms with Crippen LogP contribution in [0.15, 0.2) is 60.9 Å². The minimum atomic E-state index is 1.03. The number of nitrogens with one attached hydrogen (secondary N) is 2. The maximum atomic E-state index is 4.37. The van der Waals surface area contributed by atoms with Gasteiger partial charge in [-0.05, 0) is 41.8 Å². The van der Waals surface area contributed by atoms with Gasteiger partial charge in [0, 0.05) is 23.0 Å². The second-order valence-electron chi connectivity index (χ2n) is 5.34. The van der Waals surface area contributed by atoms with E-state index in [2.05, 4.69) is 57.4 Å². The fourth-order valence-electron chi connectivity index (χ4n) is 3.13. The van der Waals surface area contributed by atoms with Gasteiger partial charge >= 0.3 is 0 Å². The first-order chi connectivity index (χ1) is 10.4. The summed E-state index contributed by atoms with van der Waals surface area (Å²) in [6.07, 6.45) is 3.83. The van der Waals surface area contributed by atoms with Crippen molar-refractivity contribution in [1.29, 1.82) is 0 Å². The minimum absolute atomic E-state index is 1.03. The SMILES string of the molecule is c1c[nH+]c2c(c1)ccc1[nH]c3c(ccc4nccc43)cc12. The zero-order valence-electron chi connectivity index (χ0n) is 11.2. The maximum Gasteiger partial charge on any atom is 0.220 e. The molecule has 3 heterocycles. The molecule has 3 heteroatoms. The summed E-state index contributed by atoms with van der Waals surface area (Å²) in [5, 5.41) is 4.80. The van der Waals surface area contributed by atoms with Crippen LogP contribution >= 0.6 is 0 Å². The lowest BCUT2D eigenvalue weighted by Crippen LogP contribution is -2.02. The van der Waals surface area contributed by atoms with Crippen LogP contribution in [0.25, 0.3) is 43.6 Å². The third-order valence-corrected chi connectivity index (χ3v) is 4.15. The van der Waals surface area contributed by atoms with Gasteiger partial charge in [0.15, 0.2) is 6.20 Å². The molecular formula is C18H12N3+. The number of hydrogen-bond donors (Lipinski definition) is 1. The van der Waals surface area contributed by atoms with Crippen molar-refractivity contribution in [3.8, 4) is 0 Å². The molecule has 3 aromatic heterocycles. The lowest BCUT2D eigenvalue weighted by Gasteiger charge is -2.05. The molecule has 0 aliphatic carbocycles. The summed E-state index contributed by atoms with van der Waals surface area (Å²) in [4.78, 5) is 11.3. The number of fused-ring (bicyclic) bond motifs is 6. The van der Waals surface area contributed by atoms with Crippen LogP contribution < -0.4 is 4.98 Å². The van der Waals surface area contributed by atoms with E-state index in [1.165, 1.54) is 21.5 Å². The first-order valence-corrected chi connectivity index (χ1v) is 7.00. The highest BCUT2D eigenvalue weighted by atomic mass is 14.7. The molecule has 5 rings (SSSR count). The van der Waals surface area contributed by atoms with Gasteiger partial charge in [-0.2, -0.15) is 0 Å². The summed E-state index contributed by atoms with van der Waals surface area (Å²) >= 11 is 0. The summed E-state index contributed by atoms with van der Waals surface area (Å²) < 4.78 is 0. The standard InChI is InChI=1S/C18H11N3/c1-2-11-3-6-16-14(17(11)20-8-1)10-12-4-5-15-13(7-9-19-15)18(12)21-16/h1-10,21H/p+1. The molecule has 0 fully saturated rings. The molecule has 0 bridgehead atoms. The Morgan fingerprint density at radius 3 is 2.86 bits per heavy atom. The Hall–Kier alpha value is -2.94. The van der Waals surface area contributed by atoms with Gasteiger partial charge < -0.3 is 4.98 Å². The number of aromatic nitrogens is 3. The number of hydrogen-bond acceptors (Lipinski definition) is 1. The van der Waals surface area contributed by atoms with Crippen molar-refractivity contribution in [3.05, 3.63) is 60.9 Å². The molecule has 0 unspecified atom stereocenters. The third-order valence-electron chi connectivity index (χ3n) is 4.15. The van der Waals surface area contributed by atoms with Gasteiger partial charge in [0.05, 0.1) is 21.9 Å². The van der Waals surface area contributed by atoms with E-state index in [1.807, 2.05) is 18.5 Å². The van der Waals surface area contributed by atoms with E-state index in [0.29, 0.717) is 0 Å². The van der Waals surface area contributed by atoms with E-state index in [9.17, 15) is 0 Å². The Morgan fingerprint density at radius 2 is 1.86 bits per heavy atom. The number of pyridine rings is 2. The Bertz CT molecular complexity index is 1140. The van der Waals surface area contributed by atoms with E-state index >= 15 is 0 Å². The molecule has 0 radical (unpaired) electrons. The van der Waals surface area contributed by atoms with Crippen LogP contribution in [0.1, 0.15) is 0 Å². The van der Waals surface area contributed by atoms with E-state index in [-0.39, 0.29) is 0 Å². The van der Waals surface area contributed by atoms with Crippen molar-refractivity contribution < 1.29 is 4.98 Å². The van der Waals surface area contributed by atoms with Crippen molar-refractivity contribution in [1.82, 2.24) is 9.97 Å². The molecule has 0 saturated heterocycles. The van der Waals surface area contributed by atoms with E-state index in [4.69, 9.17) is 0 Å². The smallest absolute Gasteiger partial charge is 0.220 e. The van der Waals surface area contributed by atoms with Crippen LogP contribution in [-0.4, -0.2) is 9.97 Å². The second kappa shape index (κ2) is 3.79. The molecule has 0 aliphatic heterocycles. The van der Waals surface area contributed by atoms with Crippen LogP contribution in [0.3, 0.4) is 0 Å². The molecule has 0 saturated carbocycles. The minimum Gasteiger partial charge on any atom is -0.354 e. The maximum absolute atomic E-state index is 4.37. The summed E-state index contributed by atoms with van der Waals surface area (Å²) in [6.45, 7) is 0. The average Bonchev–Trinajstić information content (AvgIpc) is 3.02.